The van der Waals surface area contributed by atoms with Crippen LogP contribution in [0.15, 0.2) is 59.5 Å². The van der Waals surface area contributed by atoms with Gasteiger partial charge in [0.1, 0.15) is 5.82 Å². The van der Waals surface area contributed by atoms with Crippen LogP contribution in [0.3, 0.4) is 0 Å². The Morgan fingerprint density at radius 3 is 2.47 bits per heavy atom. The first-order valence-electron chi connectivity index (χ1n) is 10.9. The van der Waals surface area contributed by atoms with Crippen LogP contribution in [0.5, 0.6) is 0 Å². The van der Waals surface area contributed by atoms with Gasteiger partial charge in [0.15, 0.2) is 0 Å². The predicted molar refractivity (Wildman–Crippen MR) is 119 cm³/mol. The average molecular weight is 454 g/mol. The van der Waals surface area contributed by atoms with Crippen LogP contribution in [0.4, 0.5) is 4.39 Å². The zero-order valence-corrected chi connectivity index (χ0v) is 18.4. The van der Waals surface area contributed by atoms with Crippen molar-refractivity contribution in [2.24, 2.45) is 0 Å². The van der Waals surface area contributed by atoms with Crippen molar-refractivity contribution in [2.45, 2.75) is 30.1 Å². The molecule has 0 unspecified atom stereocenters. The number of sulfonamides is 1. The number of pyridine rings is 1. The molecule has 6 nitrogen and oxygen atoms in total. The first-order valence-corrected chi connectivity index (χ1v) is 12.3. The predicted octanol–water partition coefficient (Wildman–Crippen LogP) is 3.79. The third kappa shape index (κ3) is 4.00. The Morgan fingerprint density at radius 1 is 0.969 bits per heavy atom. The van der Waals surface area contributed by atoms with E-state index in [1.807, 2.05) is 30.3 Å². The lowest BCUT2D eigenvalue weighted by atomic mass is 10.0. The number of hydrogen-bond donors (Lipinski definition) is 0. The smallest absolute Gasteiger partial charge is 0.254 e. The molecule has 2 aliphatic rings. The second-order valence-corrected chi connectivity index (χ2v) is 10.3. The Labute approximate surface area is 186 Å². The van der Waals surface area contributed by atoms with E-state index < -0.39 is 15.8 Å². The standard InChI is InChI=1S/C24H24FN3O3S/c25-18-8-10-19(11-9-18)32(30,31)28-13-3-12-27(14-15-28)24(29)21-16-23(17-6-7-17)26-22-5-2-1-4-20(21)22/h1-2,4-5,8-11,16-17H,3,6-7,12-15H2. The fourth-order valence-electron chi connectivity index (χ4n) is 4.22. The largest absolute Gasteiger partial charge is 0.337 e. The van der Waals surface area contributed by atoms with E-state index in [2.05, 4.69) is 0 Å². The zero-order valence-electron chi connectivity index (χ0n) is 17.6. The number of para-hydroxylation sites is 1. The number of halogens is 1. The molecule has 5 rings (SSSR count). The second kappa shape index (κ2) is 8.26. The Kier molecular flexibility index (Phi) is 5.43. The molecule has 2 aromatic carbocycles. The van der Waals surface area contributed by atoms with Gasteiger partial charge >= 0.3 is 0 Å². The summed E-state index contributed by atoms with van der Waals surface area (Å²) in [7, 11) is -3.74. The lowest BCUT2D eigenvalue weighted by Crippen LogP contribution is -2.37. The maximum Gasteiger partial charge on any atom is 0.254 e. The van der Waals surface area contributed by atoms with Crippen molar-refractivity contribution in [1.29, 1.82) is 0 Å². The molecule has 1 aliphatic carbocycles. The molecule has 3 aromatic rings. The number of fused-ring (bicyclic) bond motifs is 1. The maximum atomic E-state index is 13.5. The van der Waals surface area contributed by atoms with Gasteiger partial charge in [-0.05, 0) is 55.7 Å². The first kappa shape index (κ1) is 21.0. The van der Waals surface area contributed by atoms with Crippen LogP contribution in [0.25, 0.3) is 10.9 Å². The van der Waals surface area contributed by atoms with Gasteiger partial charge in [-0.3, -0.25) is 9.78 Å². The first-order chi connectivity index (χ1) is 15.4. The van der Waals surface area contributed by atoms with Crippen molar-refractivity contribution in [3.8, 4) is 0 Å². The molecule has 1 saturated carbocycles. The number of rotatable bonds is 4. The van der Waals surface area contributed by atoms with Gasteiger partial charge < -0.3 is 4.90 Å². The molecule has 0 atom stereocenters. The summed E-state index contributed by atoms with van der Waals surface area (Å²) in [5.74, 6) is -0.148. The molecule has 1 amide bonds. The topological polar surface area (TPSA) is 70.6 Å². The molecule has 1 saturated heterocycles. The Balaban J connectivity index is 1.39. The van der Waals surface area contributed by atoms with E-state index in [1.165, 1.54) is 16.4 Å². The number of benzene rings is 2. The minimum atomic E-state index is -3.74. The summed E-state index contributed by atoms with van der Waals surface area (Å²) in [5.41, 5.74) is 2.41. The van der Waals surface area contributed by atoms with Crippen molar-refractivity contribution >= 4 is 26.8 Å². The van der Waals surface area contributed by atoms with Gasteiger partial charge in [0, 0.05) is 43.2 Å². The Bertz CT molecular complexity index is 1270. The summed E-state index contributed by atoms with van der Waals surface area (Å²) in [5, 5.41) is 0.821. The molecular weight excluding hydrogens is 429 g/mol. The summed E-state index contributed by atoms with van der Waals surface area (Å²) in [6.07, 6.45) is 2.72. The van der Waals surface area contributed by atoms with Crippen molar-refractivity contribution < 1.29 is 17.6 Å². The fourth-order valence-corrected chi connectivity index (χ4v) is 5.69. The Morgan fingerprint density at radius 2 is 1.72 bits per heavy atom. The summed E-state index contributed by atoms with van der Waals surface area (Å²) in [6.45, 7) is 1.29. The van der Waals surface area contributed by atoms with Gasteiger partial charge in [-0.1, -0.05) is 18.2 Å². The van der Waals surface area contributed by atoms with Crippen molar-refractivity contribution in [1.82, 2.24) is 14.2 Å². The van der Waals surface area contributed by atoms with Crippen LogP contribution in [0.2, 0.25) is 0 Å². The second-order valence-electron chi connectivity index (χ2n) is 8.39. The van der Waals surface area contributed by atoms with Gasteiger partial charge in [0.2, 0.25) is 10.0 Å². The third-order valence-electron chi connectivity index (χ3n) is 6.16. The zero-order chi connectivity index (χ0) is 22.3. The monoisotopic (exact) mass is 453 g/mol. The van der Waals surface area contributed by atoms with Crippen LogP contribution < -0.4 is 0 Å². The number of aromatic nitrogens is 1. The highest BCUT2D eigenvalue weighted by Gasteiger charge is 2.31. The van der Waals surface area contributed by atoms with E-state index in [4.69, 9.17) is 4.98 Å². The summed E-state index contributed by atoms with van der Waals surface area (Å²) < 4.78 is 40.6. The van der Waals surface area contributed by atoms with E-state index in [-0.39, 0.29) is 17.3 Å². The van der Waals surface area contributed by atoms with Gasteiger partial charge in [-0.2, -0.15) is 4.31 Å². The molecule has 1 aliphatic heterocycles. The quantitative estimate of drug-likeness (QED) is 0.603. The normalized spacial score (nSPS) is 18.0. The third-order valence-corrected chi connectivity index (χ3v) is 8.07. The number of carbonyl (C=O) groups is 1. The van der Waals surface area contributed by atoms with Crippen LogP contribution in [0, 0.1) is 5.82 Å². The molecule has 0 spiro atoms. The van der Waals surface area contributed by atoms with Crippen LogP contribution in [-0.2, 0) is 10.0 Å². The number of hydrogen-bond acceptors (Lipinski definition) is 4. The highest BCUT2D eigenvalue weighted by Crippen LogP contribution is 2.40. The van der Waals surface area contributed by atoms with Gasteiger partial charge in [-0.25, -0.2) is 12.8 Å². The summed E-state index contributed by atoms with van der Waals surface area (Å²) >= 11 is 0. The van der Waals surface area contributed by atoms with Crippen molar-refractivity contribution in [3.63, 3.8) is 0 Å². The molecule has 2 fully saturated rings. The fraction of sp³-hybridized carbons (Fsp3) is 0.333. The molecule has 0 N–H and O–H groups in total. The van der Waals surface area contributed by atoms with Crippen LogP contribution in [-0.4, -0.2) is 54.7 Å². The SMILES string of the molecule is O=C(c1cc(C2CC2)nc2ccccc12)N1CCCN(S(=O)(=O)c2ccc(F)cc2)CC1. The molecule has 8 heteroatoms. The van der Waals surface area contributed by atoms with Crippen LogP contribution >= 0.6 is 0 Å². The van der Waals surface area contributed by atoms with E-state index in [9.17, 15) is 17.6 Å². The molecule has 2 heterocycles. The summed E-state index contributed by atoms with van der Waals surface area (Å²) in [4.78, 5) is 20.1. The van der Waals surface area contributed by atoms with Crippen LogP contribution in [0.1, 0.15) is 41.2 Å². The van der Waals surface area contributed by atoms with Gasteiger partial charge in [0.25, 0.3) is 5.91 Å². The van der Waals surface area contributed by atoms with Crippen molar-refractivity contribution in [2.75, 3.05) is 26.2 Å². The maximum absolute atomic E-state index is 13.5. The molecule has 32 heavy (non-hydrogen) atoms. The average Bonchev–Trinajstić information content (AvgIpc) is 3.65. The highest BCUT2D eigenvalue weighted by atomic mass is 32.2. The minimum Gasteiger partial charge on any atom is -0.337 e. The van der Waals surface area contributed by atoms with E-state index in [0.29, 0.717) is 37.5 Å². The van der Waals surface area contributed by atoms with Gasteiger partial charge in [-0.15, -0.1) is 0 Å². The molecule has 1 aromatic heterocycles. The van der Waals surface area contributed by atoms with Crippen molar-refractivity contribution in [3.05, 3.63) is 71.7 Å². The lowest BCUT2D eigenvalue weighted by Gasteiger charge is -2.23. The van der Waals surface area contributed by atoms with E-state index in [1.54, 1.807) is 4.90 Å². The van der Waals surface area contributed by atoms with Gasteiger partial charge in [0.05, 0.1) is 16.0 Å². The molecule has 0 bridgehead atoms. The highest BCUT2D eigenvalue weighted by molar-refractivity contribution is 7.89. The Hall–Kier alpha value is -2.84. The molecule has 0 radical (unpaired) electrons. The number of amides is 1. The molecule has 166 valence electrons. The molecular formula is C24H24FN3O3S. The minimum absolute atomic E-state index is 0.0629. The number of nitrogens with zero attached hydrogens (tertiary/aromatic N) is 3. The van der Waals surface area contributed by atoms with E-state index >= 15 is 0 Å². The lowest BCUT2D eigenvalue weighted by molar-refractivity contribution is 0.0766. The summed E-state index contributed by atoms with van der Waals surface area (Å²) in [6, 6.07) is 14.4. The number of carbonyl (C=O) groups excluding carboxylic acids is 1. The van der Waals surface area contributed by atoms with E-state index in [0.717, 1.165) is 41.6 Å².